The number of hydrogen-bond acceptors (Lipinski definition) is 6. The molecule has 1 saturated heterocycles. The van der Waals surface area contributed by atoms with Crippen LogP contribution in [-0.4, -0.2) is 65.8 Å². The van der Waals surface area contributed by atoms with Gasteiger partial charge in [0.1, 0.15) is 13.2 Å². The molecule has 2 aliphatic heterocycles. The SMILES string of the molecule is O=S(=O)(NCCCN1CCN(c2cccc3c2OCCO3)CC1)c1ccc(F)c(F)c1. The van der Waals surface area contributed by atoms with Crippen LogP contribution in [0.25, 0.3) is 0 Å². The maximum absolute atomic E-state index is 13.3. The van der Waals surface area contributed by atoms with Gasteiger partial charge in [-0.25, -0.2) is 21.9 Å². The summed E-state index contributed by atoms with van der Waals surface area (Å²) in [7, 11) is -3.87. The minimum absolute atomic E-state index is 0.221. The monoisotopic (exact) mass is 453 g/mol. The first-order valence-corrected chi connectivity index (χ1v) is 11.7. The fraction of sp³-hybridized carbons (Fsp3) is 0.429. The second-order valence-corrected chi connectivity index (χ2v) is 9.22. The number of fused-ring (bicyclic) bond motifs is 1. The molecule has 0 radical (unpaired) electrons. The Morgan fingerprint density at radius 1 is 0.968 bits per heavy atom. The third kappa shape index (κ3) is 5.08. The zero-order valence-corrected chi connectivity index (χ0v) is 17.8. The van der Waals surface area contributed by atoms with E-state index in [1.54, 1.807) is 0 Å². The lowest BCUT2D eigenvalue weighted by Crippen LogP contribution is -2.47. The molecule has 0 unspecified atom stereocenters. The van der Waals surface area contributed by atoms with Crippen molar-refractivity contribution in [3.63, 3.8) is 0 Å². The van der Waals surface area contributed by atoms with E-state index in [4.69, 9.17) is 9.47 Å². The highest BCUT2D eigenvalue weighted by Crippen LogP contribution is 2.39. The number of anilines is 1. The van der Waals surface area contributed by atoms with E-state index in [0.29, 0.717) is 25.7 Å². The first kappa shape index (κ1) is 21.8. The van der Waals surface area contributed by atoms with Gasteiger partial charge in [0, 0.05) is 32.7 Å². The summed E-state index contributed by atoms with van der Waals surface area (Å²) in [6.07, 6.45) is 0.612. The fourth-order valence-corrected chi connectivity index (χ4v) is 4.84. The second kappa shape index (κ2) is 9.37. The van der Waals surface area contributed by atoms with Gasteiger partial charge in [-0.15, -0.1) is 0 Å². The quantitative estimate of drug-likeness (QED) is 0.649. The average Bonchev–Trinajstić information content (AvgIpc) is 2.78. The molecule has 0 aromatic heterocycles. The number of piperazine rings is 1. The first-order chi connectivity index (χ1) is 14.9. The van der Waals surface area contributed by atoms with Crippen LogP contribution in [0.4, 0.5) is 14.5 Å². The molecule has 0 aliphatic carbocycles. The lowest BCUT2D eigenvalue weighted by Gasteiger charge is -2.37. The zero-order valence-electron chi connectivity index (χ0n) is 17.0. The highest BCUT2D eigenvalue weighted by atomic mass is 32.2. The Kier molecular flexibility index (Phi) is 6.59. The van der Waals surface area contributed by atoms with E-state index in [-0.39, 0.29) is 11.4 Å². The summed E-state index contributed by atoms with van der Waals surface area (Å²) in [5, 5.41) is 0. The van der Waals surface area contributed by atoms with Crippen molar-refractivity contribution in [2.45, 2.75) is 11.3 Å². The molecule has 31 heavy (non-hydrogen) atoms. The predicted octanol–water partition coefficient (Wildman–Crippen LogP) is 2.23. The highest BCUT2D eigenvalue weighted by Gasteiger charge is 2.23. The van der Waals surface area contributed by atoms with Crippen LogP contribution in [0, 0.1) is 11.6 Å². The molecule has 2 heterocycles. The van der Waals surface area contributed by atoms with Crippen molar-refractivity contribution in [2.75, 3.05) is 57.4 Å². The van der Waals surface area contributed by atoms with E-state index in [2.05, 4.69) is 14.5 Å². The van der Waals surface area contributed by atoms with Crippen LogP contribution in [-0.2, 0) is 10.0 Å². The van der Waals surface area contributed by atoms with Gasteiger partial charge in [-0.05, 0) is 43.3 Å². The van der Waals surface area contributed by atoms with Gasteiger partial charge in [0.15, 0.2) is 23.1 Å². The topological polar surface area (TPSA) is 71.1 Å². The van der Waals surface area contributed by atoms with Gasteiger partial charge in [-0.3, -0.25) is 4.90 Å². The van der Waals surface area contributed by atoms with Crippen molar-refractivity contribution < 1.29 is 26.7 Å². The van der Waals surface area contributed by atoms with Crippen LogP contribution >= 0.6 is 0 Å². The number of halogens is 2. The van der Waals surface area contributed by atoms with Gasteiger partial charge in [-0.1, -0.05) is 6.07 Å². The molecule has 1 fully saturated rings. The Morgan fingerprint density at radius 2 is 1.74 bits per heavy atom. The molecule has 10 heteroatoms. The molecule has 0 spiro atoms. The van der Waals surface area contributed by atoms with Crippen LogP contribution < -0.4 is 19.1 Å². The summed E-state index contributed by atoms with van der Waals surface area (Å²) in [4.78, 5) is 4.27. The van der Waals surface area contributed by atoms with Crippen molar-refractivity contribution in [3.8, 4) is 11.5 Å². The molecule has 168 valence electrons. The number of sulfonamides is 1. The van der Waals surface area contributed by atoms with Gasteiger partial charge in [0.05, 0.1) is 10.6 Å². The fourth-order valence-electron chi connectivity index (χ4n) is 3.76. The standard InChI is InChI=1S/C21H25F2N3O4S/c22-17-6-5-16(15-18(17)23)31(27,28)24-7-2-8-25-9-11-26(12-10-25)19-3-1-4-20-21(19)30-14-13-29-20/h1,3-6,15,24H,2,7-14H2. The van der Waals surface area contributed by atoms with Gasteiger partial charge in [0.2, 0.25) is 10.0 Å². The molecule has 1 N–H and O–H groups in total. The van der Waals surface area contributed by atoms with E-state index in [9.17, 15) is 17.2 Å². The number of ether oxygens (including phenoxy) is 2. The molecule has 4 rings (SSSR count). The zero-order chi connectivity index (χ0) is 21.8. The molecule has 2 aliphatic rings. The summed E-state index contributed by atoms with van der Waals surface area (Å²) in [6.45, 7) is 5.43. The van der Waals surface area contributed by atoms with Crippen LogP contribution in [0.1, 0.15) is 6.42 Å². The molecule has 0 atom stereocenters. The molecule has 7 nitrogen and oxygen atoms in total. The molecule has 0 amide bonds. The minimum atomic E-state index is -3.87. The molecule has 2 aromatic carbocycles. The third-order valence-corrected chi connectivity index (χ3v) is 6.86. The Balaban J connectivity index is 1.23. The van der Waals surface area contributed by atoms with Gasteiger partial charge in [0.25, 0.3) is 0 Å². The number of nitrogens with zero attached hydrogens (tertiary/aromatic N) is 2. The van der Waals surface area contributed by atoms with Gasteiger partial charge in [-0.2, -0.15) is 0 Å². The van der Waals surface area contributed by atoms with Crippen molar-refractivity contribution in [2.24, 2.45) is 0 Å². The maximum Gasteiger partial charge on any atom is 0.240 e. The number of benzene rings is 2. The number of rotatable bonds is 7. The molecule has 2 aromatic rings. The summed E-state index contributed by atoms with van der Waals surface area (Å²) < 4.78 is 64.7. The van der Waals surface area contributed by atoms with Crippen LogP contribution in [0.2, 0.25) is 0 Å². The first-order valence-electron chi connectivity index (χ1n) is 10.2. The minimum Gasteiger partial charge on any atom is -0.486 e. The summed E-state index contributed by atoms with van der Waals surface area (Å²) in [5.41, 5.74) is 1.04. The summed E-state index contributed by atoms with van der Waals surface area (Å²) in [5.74, 6) is -0.682. The Labute approximate surface area is 180 Å². The predicted molar refractivity (Wildman–Crippen MR) is 112 cm³/mol. The molecular formula is C21H25F2N3O4S. The maximum atomic E-state index is 13.3. The van der Waals surface area contributed by atoms with Crippen LogP contribution in [0.3, 0.4) is 0 Å². The van der Waals surface area contributed by atoms with E-state index in [0.717, 1.165) is 62.0 Å². The lowest BCUT2D eigenvalue weighted by atomic mass is 10.2. The Hall–Kier alpha value is -2.43. The highest BCUT2D eigenvalue weighted by molar-refractivity contribution is 7.89. The number of hydrogen-bond donors (Lipinski definition) is 1. The Bertz CT molecular complexity index is 1030. The molecular weight excluding hydrogens is 428 g/mol. The molecule has 0 bridgehead atoms. The third-order valence-electron chi connectivity index (χ3n) is 5.40. The summed E-state index contributed by atoms with van der Waals surface area (Å²) in [6, 6.07) is 8.47. The van der Waals surface area contributed by atoms with E-state index in [1.165, 1.54) is 0 Å². The van der Waals surface area contributed by atoms with E-state index < -0.39 is 21.7 Å². The summed E-state index contributed by atoms with van der Waals surface area (Å²) >= 11 is 0. The normalized spacial score (nSPS) is 17.0. The van der Waals surface area contributed by atoms with Crippen LogP contribution in [0.15, 0.2) is 41.3 Å². The second-order valence-electron chi connectivity index (χ2n) is 7.46. The van der Waals surface area contributed by atoms with Crippen molar-refractivity contribution in [3.05, 3.63) is 48.0 Å². The van der Waals surface area contributed by atoms with Crippen molar-refractivity contribution in [1.29, 1.82) is 0 Å². The molecule has 0 saturated carbocycles. The van der Waals surface area contributed by atoms with Crippen LogP contribution in [0.5, 0.6) is 11.5 Å². The van der Waals surface area contributed by atoms with Gasteiger partial charge >= 0.3 is 0 Å². The largest absolute Gasteiger partial charge is 0.486 e. The smallest absolute Gasteiger partial charge is 0.240 e. The van der Waals surface area contributed by atoms with E-state index >= 15 is 0 Å². The number of para-hydroxylation sites is 1. The van der Waals surface area contributed by atoms with E-state index in [1.807, 2.05) is 18.2 Å². The lowest BCUT2D eigenvalue weighted by molar-refractivity contribution is 0.171. The number of nitrogens with one attached hydrogen (secondary N) is 1. The average molecular weight is 454 g/mol. The Morgan fingerprint density at radius 3 is 2.52 bits per heavy atom. The van der Waals surface area contributed by atoms with Crippen molar-refractivity contribution in [1.82, 2.24) is 9.62 Å². The van der Waals surface area contributed by atoms with Crippen molar-refractivity contribution >= 4 is 15.7 Å². The van der Waals surface area contributed by atoms with Gasteiger partial charge < -0.3 is 14.4 Å².